The molecule has 0 aliphatic heterocycles. The van der Waals surface area contributed by atoms with Crippen molar-refractivity contribution in [3.8, 4) is 5.75 Å². The zero-order chi connectivity index (χ0) is 16.2. The van der Waals surface area contributed by atoms with E-state index in [1.165, 1.54) is 6.92 Å². The number of carbonyl (C=O) groups excluding carboxylic acids is 1. The van der Waals surface area contributed by atoms with E-state index in [1.807, 2.05) is 61.5 Å². The highest BCUT2D eigenvalue weighted by Crippen LogP contribution is 2.22. The predicted octanol–water partition coefficient (Wildman–Crippen LogP) is 4.08. The van der Waals surface area contributed by atoms with E-state index in [-0.39, 0.29) is 5.91 Å². The van der Waals surface area contributed by atoms with Crippen LogP contribution in [-0.2, 0) is 11.4 Å². The second-order valence-corrected chi connectivity index (χ2v) is 5.44. The molecule has 0 fully saturated rings. The van der Waals surface area contributed by atoms with E-state index in [2.05, 4.69) is 10.3 Å². The number of benzene rings is 2. The van der Waals surface area contributed by atoms with Crippen molar-refractivity contribution in [2.24, 2.45) is 0 Å². The minimum Gasteiger partial charge on any atom is -0.487 e. The maximum Gasteiger partial charge on any atom is 0.221 e. The number of nitrogens with zero attached hydrogens (tertiary/aromatic N) is 1. The van der Waals surface area contributed by atoms with Crippen LogP contribution in [0.1, 0.15) is 18.2 Å². The fourth-order valence-corrected chi connectivity index (χ4v) is 2.40. The summed E-state index contributed by atoms with van der Waals surface area (Å²) in [6.45, 7) is 3.84. The van der Waals surface area contributed by atoms with Crippen molar-refractivity contribution in [2.45, 2.75) is 20.5 Å². The molecule has 1 heterocycles. The molecule has 0 aliphatic rings. The molecule has 1 aromatic heterocycles. The second kappa shape index (κ2) is 6.48. The smallest absolute Gasteiger partial charge is 0.221 e. The Morgan fingerprint density at radius 1 is 1.13 bits per heavy atom. The van der Waals surface area contributed by atoms with Gasteiger partial charge in [0.2, 0.25) is 5.91 Å². The number of hydrogen-bond donors (Lipinski definition) is 1. The minimum absolute atomic E-state index is 0.0814. The number of amides is 1. The number of pyridine rings is 1. The van der Waals surface area contributed by atoms with E-state index >= 15 is 0 Å². The van der Waals surface area contributed by atoms with Gasteiger partial charge in [0.1, 0.15) is 12.4 Å². The molecule has 0 unspecified atom stereocenters. The molecule has 3 rings (SSSR count). The zero-order valence-corrected chi connectivity index (χ0v) is 13.2. The molecule has 0 atom stereocenters. The number of nitrogens with one attached hydrogen (secondary N) is 1. The molecule has 0 saturated carbocycles. The SMILES string of the molecule is CC(=O)Nc1ccc(OCc2ccc3ccccc3n2)cc1C. The number of hydrogen-bond acceptors (Lipinski definition) is 3. The number of anilines is 1. The van der Waals surface area contributed by atoms with Gasteiger partial charge >= 0.3 is 0 Å². The Kier molecular flexibility index (Phi) is 4.24. The van der Waals surface area contributed by atoms with E-state index in [9.17, 15) is 4.79 Å². The van der Waals surface area contributed by atoms with Crippen molar-refractivity contribution in [2.75, 3.05) is 5.32 Å². The molecular formula is C19H18N2O2. The van der Waals surface area contributed by atoms with Gasteiger partial charge in [-0.3, -0.25) is 4.79 Å². The van der Waals surface area contributed by atoms with Crippen LogP contribution in [0.3, 0.4) is 0 Å². The van der Waals surface area contributed by atoms with Crippen LogP contribution in [0.5, 0.6) is 5.75 Å². The number of rotatable bonds is 4. The van der Waals surface area contributed by atoms with Crippen molar-refractivity contribution < 1.29 is 9.53 Å². The number of ether oxygens (including phenoxy) is 1. The highest BCUT2D eigenvalue weighted by atomic mass is 16.5. The van der Waals surface area contributed by atoms with Crippen molar-refractivity contribution in [1.29, 1.82) is 0 Å². The summed E-state index contributed by atoms with van der Waals surface area (Å²) >= 11 is 0. The molecule has 0 aliphatic carbocycles. The average molecular weight is 306 g/mol. The van der Waals surface area contributed by atoms with Crippen LogP contribution in [-0.4, -0.2) is 10.9 Å². The first-order valence-corrected chi connectivity index (χ1v) is 7.47. The van der Waals surface area contributed by atoms with E-state index in [1.54, 1.807) is 0 Å². The average Bonchev–Trinajstić information content (AvgIpc) is 2.54. The van der Waals surface area contributed by atoms with Gasteiger partial charge < -0.3 is 10.1 Å². The van der Waals surface area contributed by atoms with Gasteiger partial charge in [0.25, 0.3) is 0 Å². The van der Waals surface area contributed by atoms with E-state index in [0.29, 0.717) is 6.61 Å². The first kappa shape index (κ1) is 15.0. The van der Waals surface area contributed by atoms with Gasteiger partial charge in [-0.2, -0.15) is 0 Å². The summed E-state index contributed by atoms with van der Waals surface area (Å²) in [5.41, 5.74) is 3.61. The van der Waals surface area contributed by atoms with Gasteiger partial charge in [0.05, 0.1) is 11.2 Å². The highest BCUT2D eigenvalue weighted by molar-refractivity contribution is 5.89. The summed E-state index contributed by atoms with van der Waals surface area (Å²) in [5.74, 6) is 0.675. The molecule has 0 saturated heterocycles. The third-order valence-corrected chi connectivity index (χ3v) is 3.55. The maximum atomic E-state index is 11.1. The topological polar surface area (TPSA) is 51.2 Å². The molecule has 1 amide bonds. The Morgan fingerprint density at radius 3 is 2.74 bits per heavy atom. The number of aromatic nitrogens is 1. The molecular weight excluding hydrogens is 288 g/mol. The fraction of sp³-hybridized carbons (Fsp3) is 0.158. The van der Waals surface area contributed by atoms with Crippen LogP contribution in [0.15, 0.2) is 54.6 Å². The van der Waals surface area contributed by atoms with Crippen molar-refractivity contribution in [3.63, 3.8) is 0 Å². The molecule has 0 radical (unpaired) electrons. The lowest BCUT2D eigenvalue weighted by atomic mass is 10.2. The third kappa shape index (κ3) is 3.66. The van der Waals surface area contributed by atoms with Crippen LogP contribution in [0, 0.1) is 6.92 Å². The Morgan fingerprint density at radius 2 is 1.96 bits per heavy atom. The molecule has 116 valence electrons. The predicted molar refractivity (Wildman–Crippen MR) is 91.6 cm³/mol. The summed E-state index contributed by atoms with van der Waals surface area (Å²) in [4.78, 5) is 15.7. The standard InChI is InChI=1S/C19H18N2O2/c1-13-11-17(9-10-18(13)20-14(2)22)23-12-16-8-7-15-5-3-4-6-19(15)21-16/h3-11H,12H2,1-2H3,(H,20,22). The maximum absolute atomic E-state index is 11.1. The molecule has 3 aromatic rings. The van der Waals surface area contributed by atoms with Crippen molar-refractivity contribution >= 4 is 22.5 Å². The van der Waals surface area contributed by atoms with Crippen molar-refractivity contribution in [3.05, 3.63) is 65.9 Å². The monoisotopic (exact) mass is 306 g/mol. The summed E-state index contributed by atoms with van der Waals surface area (Å²) in [6, 6.07) is 17.6. The van der Waals surface area contributed by atoms with Crippen LogP contribution < -0.4 is 10.1 Å². The van der Waals surface area contributed by atoms with Crippen LogP contribution in [0.25, 0.3) is 10.9 Å². The minimum atomic E-state index is -0.0814. The van der Waals surface area contributed by atoms with Gasteiger partial charge in [-0.1, -0.05) is 24.3 Å². The normalized spacial score (nSPS) is 10.5. The molecule has 1 N–H and O–H groups in total. The van der Waals surface area contributed by atoms with E-state index < -0.39 is 0 Å². The molecule has 4 nitrogen and oxygen atoms in total. The lowest BCUT2D eigenvalue weighted by Crippen LogP contribution is -2.07. The number of para-hydroxylation sites is 1. The molecule has 23 heavy (non-hydrogen) atoms. The Bertz CT molecular complexity index is 859. The lowest BCUT2D eigenvalue weighted by molar-refractivity contribution is -0.114. The largest absolute Gasteiger partial charge is 0.487 e. The Hall–Kier alpha value is -2.88. The number of fused-ring (bicyclic) bond motifs is 1. The summed E-state index contributed by atoms with van der Waals surface area (Å²) in [6.07, 6.45) is 0. The van der Waals surface area contributed by atoms with E-state index in [4.69, 9.17) is 4.74 Å². The summed E-state index contributed by atoms with van der Waals surface area (Å²) < 4.78 is 5.81. The van der Waals surface area contributed by atoms with E-state index in [0.717, 1.165) is 33.6 Å². The zero-order valence-electron chi connectivity index (χ0n) is 13.2. The van der Waals surface area contributed by atoms with Crippen LogP contribution in [0.4, 0.5) is 5.69 Å². The lowest BCUT2D eigenvalue weighted by Gasteiger charge is -2.10. The molecule has 2 aromatic carbocycles. The quantitative estimate of drug-likeness (QED) is 0.790. The highest BCUT2D eigenvalue weighted by Gasteiger charge is 2.04. The van der Waals surface area contributed by atoms with Gasteiger partial charge in [-0.15, -0.1) is 0 Å². The first-order valence-electron chi connectivity index (χ1n) is 7.47. The molecule has 4 heteroatoms. The molecule has 0 spiro atoms. The van der Waals surface area contributed by atoms with Crippen LogP contribution >= 0.6 is 0 Å². The van der Waals surface area contributed by atoms with Gasteiger partial charge in [-0.05, 0) is 42.8 Å². The van der Waals surface area contributed by atoms with Gasteiger partial charge in [-0.25, -0.2) is 4.98 Å². The Labute approximate surface area is 135 Å². The third-order valence-electron chi connectivity index (χ3n) is 3.55. The number of aryl methyl sites for hydroxylation is 1. The van der Waals surface area contributed by atoms with Gasteiger partial charge in [0.15, 0.2) is 0 Å². The fourth-order valence-electron chi connectivity index (χ4n) is 2.40. The van der Waals surface area contributed by atoms with Crippen molar-refractivity contribution in [1.82, 2.24) is 4.98 Å². The number of carbonyl (C=O) groups is 1. The van der Waals surface area contributed by atoms with Crippen LogP contribution in [0.2, 0.25) is 0 Å². The first-order chi connectivity index (χ1) is 11.1. The summed E-state index contributed by atoms with van der Waals surface area (Å²) in [5, 5.41) is 3.90. The Balaban J connectivity index is 1.71. The van der Waals surface area contributed by atoms with Gasteiger partial charge in [0, 0.05) is 18.0 Å². The summed E-state index contributed by atoms with van der Waals surface area (Å²) in [7, 11) is 0. The second-order valence-electron chi connectivity index (χ2n) is 5.44. The molecule has 0 bridgehead atoms.